The molecule has 0 fully saturated rings. The molecule has 2 N–H and O–H groups in total. The summed E-state index contributed by atoms with van der Waals surface area (Å²) >= 11 is 0. The van der Waals surface area contributed by atoms with Gasteiger partial charge in [0.05, 0.1) is 7.11 Å². The second-order valence-electron chi connectivity index (χ2n) is 6.75. The summed E-state index contributed by atoms with van der Waals surface area (Å²) in [5.74, 6) is 2.48. The summed E-state index contributed by atoms with van der Waals surface area (Å²) in [6, 6.07) is 5.72. The average Bonchev–Trinajstić information content (AvgIpc) is 2.50. The van der Waals surface area contributed by atoms with Gasteiger partial charge in [0.25, 0.3) is 0 Å². The number of allylic oxidation sites excluding steroid dienone is 4. The van der Waals surface area contributed by atoms with Crippen LogP contribution in [-0.4, -0.2) is 22.5 Å². The summed E-state index contributed by atoms with van der Waals surface area (Å²) in [6.45, 7) is 7.63. The fraction of sp³-hybridized carbons (Fsp3) is 0.300. The van der Waals surface area contributed by atoms with Crippen LogP contribution in [0.1, 0.15) is 33.3 Å². The molecule has 1 aliphatic heterocycles. The predicted octanol–water partition coefficient (Wildman–Crippen LogP) is 4.83. The molecule has 0 aromatic heterocycles. The van der Waals surface area contributed by atoms with Gasteiger partial charge in [-0.15, -0.1) is 0 Å². The third-order valence-corrected chi connectivity index (χ3v) is 4.78. The van der Waals surface area contributed by atoms with E-state index in [1.54, 1.807) is 26.2 Å². The maximum Gasteiger partial charge on any atom is 0.349 e. The Labute approximate surface area is 154 Å². The van der Waals surface area contributed by atoms with Crippen molar-refractivity contribution in [2.45, 2.75) is 33.3 Å². The van der Waals surface area contributed by atoms with Gasteiger partial charge in [-0.1, -0.05) is 18.2 Å². The summed E-state index contributed by atoms with van der Waals surface area (Å²) in [5.41, 5.74) is 3.03. The van der Waals surface area contributed by atoms with Gasteiger partial charge in [-0.05, 0) is 62.6 Å². The minimum absolute atomic E-state index is 0.507. The fourth-order valence-corrected chi connectivity index (χ4v) is 3.46. The Kier molecular flexibility index (Phi) is 5.97. The van der Waals surface area contributed by atoms with Crippen molar-refractivity contribution in [2.75, 3.05) is 7.11 Å². The molecule has 0 saturated heterocycles. The quantitative estimate of drug-likeness (QED) is 0.568. The lowest BCUT2D eigenvalue weighted by atomic mass is 9.87. The van der Waals surface area contributed by atoms with Crippen LogP contribution in [0.15, 0.2) is 59.0 Å². The highest BCUT2D eigenvalue weighted by atomic mass is 31.2. The number of methoxy groups -OCH3 is 1. The molecule has 0 saturated carbocycles. The molecule has 0 spiro atoms. The molecule has 140 valence electrons. The van der Waals surface area contributed by atoms with Crippen LogP contribution in [0.5, 0.6) is 11.5 Å². The lowest BCUT2D eigenvalue weighted by Gasteiger charge is -2.34. The van der Waals surface area contributed by atoms with Gasteiger partial charge in [-0.3, -0.25) is 4.57 Å². The van der Waals surface area contributed by atoms with Crippen molar-refractivity contribution in [1.29, 1.82) is 0 Å². The number of ether oxygens (including phenoxy) is 2. The number of fused-ring (bicyclic) bond motifs is 1. The van der Waals surface area contributed by atoms with Gasteiger partial charge in [0.15, 0.2) is 0 Å². The van der Waals surface area contributed by atoms with Crippen molar-refractivity contribution in [2.24, 2.45) is 0 Å². The Morgan fingerprint density at radius 1 is 1.27 bits per heavy atom. The third-order valence-electron chi connectivity index (χ3n) is 4.04. The minimum Gasteiger partial charge on any atom is -0.497 e. The molecule has 1 aromatic rings. The highest BCUT2D eigenvalue weighted by Crippen LogP contribution is 2.40. The van der Waals surface area contributed by atoms with E-state index in [-0.39, 0.29) is 0 Å². The molecular formula is C20H25O5P. The standard InChI is InChI=1S/C20H25O5P/c1-14(13-26(21,22)23)7-6-8-15(2)18-11-16-9-10-17(24-5)12-19(16)25-20(18,3)4/h6-13H,1-5H3,(H2,21,22,23)/b7-6+,14-13+,15-8+. The van der Waals surface area contributed by atoms with E-state index in [1.807, 2.05) is 45.0 Å². The summed E-state index contributed by atoms with van der Waals surface area (Å²) in [7, 11) is -2.53. The molecule has 5 nitrogen and oxygen atoms in total. The van der Waals surface area contributed by atoms with E-state index in [0.29, 0.717) is 5.57 Å². The van der Waals surface area contributed by atoms with Crippen LogP contribution in [0.3, 0.4) is 0 Å². The maximum absolute atomic E-state index is 11.0. The van der Waals surface area contributed by atoms with E-state index in [4.69, 9.17) is 19.3 Å². The van der Waals surface area contributed by atoms with Gasteiger partial charge in [0.1, 0.15) is 17.1 Å². The van der Waals surface area contributed by atoms with Gasteiger partial charge in [-0.25, -0.2) is 0 Å². The Hall–Kier alpha value is -2.07. The van der Waals surface area contributed by atoms with Crippen molar-refractivity contribution in [1.82, 2.24) is 0 Å². The molecule has 26 heavy (non-hydrogen) atoms. The second kappa shape index (κ2) is 7.67. The van der Waals surface area contributed by atoms with Gasteiger partial charge in [-0.2, -0.15) is 0 Å². The minimum atomic E-state index is -4.15. The second-order valence-corrected chi connectivity index (χ2v) is 8.18. The van der Waals surface area contributed by atoms with Crippen LogP contribution in [0.25, 0.3) is 6.08 Å². The number of hydrogen-bond donors (Lipinski definition) is 2. The predicted molar refractivity (Wildman–Crippen MR) is 104 cm³/mol. The van der Waals surface area contributed by atoms with Gasteiger partial charge in [0.2, 0.25) is 0 Å². The Balaban J connectivity index is 2.31. The summed E-state index contributed by atoms with van der Waals surface area (Å²) < 4.78 is 22.4. The summed E-state index contributed by atoms with van der Waals surface area (Å²) in [4.78, 5) is 17.9. The largest absolute Gasteiger partial charge is 0.497 e. The first-order chi connectivity index (χ1) is 12.0. The molecule has 0 amide bonds. The van der Waals surface area contributed by atoms with E-state index >= 15 is 0 Å². The van der Waals surface area contributed by atoms with Crippen LogP contribution in [0, 0.1) is 0 Å². The molecule has 0 bridgehead atoms. The zero-order valence-corrected chi connectivity index (χ0v) is 16.6. The molecule has 2 rings (SSSR count). The first kappa shape index (κ1) is 20.2. The normalized spacial score (nSPS) is 17.6. The molecule has 0 radical (unpaired) electrons. The van der Waals surface area contributed by atoms with Gasteiger partial charge >= 0.3 is 7.60 Å². The molecular weight excluding hydrogens is 351 g/mol. The highest BCUT2D eigenvalue weighted by molar-refractivity contribution is 7.55. The summed E-state index contributed by atoms with van der Waals surface area (Å²) in [6.07, 6.45) is 7.44. The van der Waals surface area contributed by atoms with Crippen LogP contribution < -0.4 is 9.47 Å². The fourth-order valence-electron chi connectivity index (χ4n) is 2.84. The number of hydrogen-bond acceptors (Lipinski definition) is 3. The van der Waals surface area contributed by atoms with Crippen LogP contribution in [-0.2, 0) is 4.57 Å². The Bertz CT molecular complexity index is 853. The molecule has 1 heterocycles. The zero-order chi connectivity index (χ0) is 19.5. The number of rotatable bonds is 5. The smallest absolute Gasteiger partial charge is 0.349 e. The van der Waals surface area contributed by atoms with Crippen molar-refractivity contribution >= 4 is 13.7 Å². The monoisotopic (exact) mass is 376 g/mol. The average molecular weight is 376 g/mol. The van der Waals surface area contributed by atoms with E-state index in [2.05, 4.69) is 6.08 Å². The molecule has 1 aliphatic rings. The molecule has 1 aromatic carbocycles. The first-order valence-corrected chi connectivity index (χ1v) is 9.89. The molecule has 0 unspecified atom stereocenters. The maximum atomic E-state index is 11.0. The number of benzene rings is 1. The zero-order valence-electron chi connectivity index (χ0n) is 15.7. The SMILES string of the molecule is COc1ccc2c(c1)OC(C)(C)C(/C(C)=C/C=C/C(C)=C/P(=O)(O)O)=C2. The van der Waals surface area contributed by atoms with E-state index in [0.717, 1.165) is 34.0 Å². The van der Waals surface area contributed by atoms with Crippen molar-refractivity contribution < 1.29 is 23.8 Å². The Morgan fingerprint density at radius 2 is 1.96 bits per heavy atom. The van der Waals surface area contributed by atoms with Crippen LogP contribution >= 0.6 is 7.60 Å². The van der Waals surface area contributed by atoms with Crippen molar-refractivity contribution in [3.63, 3.8) is 0 Å². The highest BCUT2D eigenvalue weighted by Gasteiger charge is 2.31. The first-order valence-electron chi connectivity index (χ1n) is 8.21. The molecule has 0 atom stereocenters. The van der Waals surface area contributed by atoms with Crippen molar-refractivity contribution in [3.8, 4) is 11.5 Å². The van der Waals surface area contributed by atoms with E-state index in [1.165, 1.54) is 0 Å². The third kappa shape index (κ3) is 5.21. The van der Waals surface area contributed by atoms with E-state index in [9.17, 15) is 4.57 Å². The van der Waals surface area contributed by atoms with Gasteiger partial charge in [0, 0.05) is 17.4 Å². The topological polar surface area (TPSA) is 76.0 Å². The van der Waals surface area contributed by atoms with Crippen LogP contribution in [0.4, 0.5) is 0 Å². The summed E-state index contributed by atoms with van der Waals surface area (Å²) in [5, 5.41) is 0. The van der Waals surface area contributed by atoms with Gasteiger partial charge < -0.3 is 19.3 Å². The van der Waals surface area contributed by atoms with E-state index < -0.39 is 13.2 Å². The lowest BCUT2D eigenvalue weighted by Crippen LogP contribution is -2.33. The Morgan fingerprint density at radius 3 is 2.58 bits per heavy atom. The van der Waals surface area contributed by atoms with Crippen LogP contribution in [0.2, 0.25) is 0 Å². The molecule has 6 heteroatoms. The molecule has 0 aliphatic carbocycles. The van der Waals surface area contributed by atoms with Crippen molar-refractivity contribution in [3.05, 3.63) is 64.5 Å². The lowest BCUT2D eigenvalue weighted by molar-refractivity contribution is 0.147.